The van der Waals surface area contributed by atoms with Gasteiger partial charge in [0.25, 0.3) is 5.69 Å². The van der Waals surface area contributed by atoms with Gasteiger partial charge in [0.15, 0.2) is 0 Å². The number of anilines is 1. The molecule has 0 radical (unpaired) electrons. The second-order valence-electron chi connectivity index (χ2n) is 10.9. The summed E-state index contributed by atoms with van der Waals surface area (Å²) in [7, 11) is 1.44. The van der Waals surface area contributed by atoms with Crippen LogP contribution in [-0.2, 0) is 9.59 Å². The van der Waals surface area contributed by atoms with E-state index in [-0.39, 0.29) is 41.2 Å². The lowest BCUT2D eigenvalue weighted by molar-refractivity contribution is -0.384. The molecule has 0 aromatic heterocycles. The number of ether oxygens (including phenoxy) is 1. The Kier molecular flexibility index (Phi) is 6.22. The molecule has 1 aromatic rings. The number of nitrogens with one attached hydrogen (secondary N) is 2. The zero-order valence-electron chi connectivity index (χ0n) is 19.8. The fourth-order valence-electron chi connectivity index (χ4n) is 7.25. The zero-order valence-corrected chi connectivity index (χ0v) is 19.8. The molecule has 184 valence electrons. The van der Waals surface area contributed by atoms with Gasteiger partial charge in [0, 0.05) is 24.5 Å². The molecule has 0 atom stereocenters. The molecule has 4 bridgehead atoms. The van der Waals surface area contributed by atoms with E-state index < -0.39 is 4.92 Å². The molecular formula is C25H34N4O5. The van der Waals surface area contributed by atoms with Gasteiger partial charge in [0.05, 0.1) is 24.6 Å². The van der Waals surface area contributed by atoms with Gasteiger partial charge in [-0.25, -0.2) is 0 Å². The van der Waals surface area contributed by atoms with Crippen LogP contribution in [0.15, 0.2) is 18.2 Å². The van der Waals surface area contributed by atoms with E-state index in [1.54, 1.807) is 6.07 Å². The number of hydrogen-bond acceptors (Lipinski definition) is 6. The quantitative estimate of drug-likeness (QED) is 0.467. The van der Waals surface area contributed by atoms with Crippen molar-refractivity contribution in [2.75, 3.05) is 32.1 Å². The van der Waals surface area contributed by atoms with Crippen molar-refractivity contribution in [1.29, 1.82) is 0 Å². The maximum absolute atomic E-state index is 13.3. The van der Waals surface area contributed by atoms with Crippen molar-refractivity contribution in [3.63, 3.8) is 0 Å². The maximum atomic E-state index is 13.3. The predicted octanol–water partition coefficient (Wildman–Crippen LogP) is 3.34. The van der Waals surface area contributed by atoms with Gasteiger partial charge >= 0.3 is 0 Å². The molecular weight excluding hydrogens is 436 g/mol. The van der Waals surface area contributed by atoms with Crippen LogP contribution < -0.4 is 15.4 Å². The minimum Gasteiger partial charge on any atom is -0.496 e. The Morgan fingerprint density at radius 2 is 1.74 bits per heavy atom. The minimum absolute atomic E-state index is 0.126. The summed E-state index contributed by atoms with van der Waals surface area (Å²) in [5.41, 5.74) is -0.161. The third-order valence-corrected chi connectivity index (χ3v) is 8.49. The predicted molar refractivity (Wildman–Crippen MR) is 126 cm³/mol. The molecule has 5 aliphatic rings. The molecule has 0 spiro atoms. The Bertz CT molecular complexity index is 937. The number of amides is 2. The summed E-state index contributed by atoms with van der Waals surface area (Å²) in [6, 6.07) is 4.53. The molecule has 1 aliphatic heterocycles. The molecule has 1 aromatic carbocycles. The number of carbonyl (C=O) groups is 2. The van der Waals surface area contributed by atoms with E-state index in [4.69, 9.17) is 4.74 Å². The fourth-order valence-corrected chi connectivity index (χ4v) is 7.25. The molecule has 2 N–H and O–H groups in total. The second-order valence-corrected chi connectivity index (χ2v) is 10.9. The van der Waals surface area contributed by atoms with Crippen LogP contribution in [0.4, 0.5) is 11.4 Å². The number of nitrogens with zero attached hydrogens (tertiary/aromatic N) is 2. The number of methoxy groups -OCH3 is 1. The number of carbonyl (C=O) groups excluding carboxylic acids is 2. The van der Waals surface area contributed by atoms with Gasteiger partial charge < -0.3 is 15.4 Å². The van der Waals surface area contributed by atoms with Gasteiger partial charge in [-0.1, -0.05) is 0 Å². The Balaban J connectivity index is 1.10. The summed E-state index contributed by atoms with van der Waals surface area (Å²) in [5.74, 6) is 2.60. The highest BCUT2D eigenvalue weighted by atomic mass is 16.6. The van der Waals surface area contributed by atoms with E-state index in [2.05, 4.69) is 10.6 Å². The Morgan fingerprint density at radius 3 is 2.29 bits per heavy atom. The van der Waals surface area contributed by atoms with Crippen molar-refractivity contribution in [2.45, 2.75) is 57.4 Å². The molecule has 5 fully saturated rings. The number of nitro groups is 1. The Hall–Kier alpha value is -2.68. The van der Waals surface area contributed by atoms with Crippen LogP contribution in [0.5, 0.6) is 5.75 Å². The largest absolute Gasteiger partial charge is 0.496 e. The summed E-state index contributed by atoms with van der Waals surface area (Å²) in [6.07, 6.45) is 8.82. The third-order valence-electron chi connectivity index (χ3n) is 8.49. The smallest absolute Gasteiger partial charge is 0.296 e. The van der Waals surface area contributed by atoms with Gasteiger partial charge in [-0.3, -0.25) is 24.6 Å². The molecule has 34 heavy (non-hydrogen) atoms. The highest BCUT2D eigenvalue weighted by molar-refractivity contribution is 5.94. The van der Waals surface area contributed by atoms with Crippen LogP contribution in [0.1, 0.15) is 51.4 Å². The third kappa shape index (κ3) is 4.62. The fraction of sp³-hybridized carbons (Fsp3) is 0.680. The van der Waals surface area contributed by atoms with E-state index >= 15 is 0 Å². The Morgan fingerprint density at radius 1 is 1.12 bits per heavy atom. The van der Waals surface area contributed by atoms with Gasteiger partial charge in [-0.2, -0.15) is 0 Å². The van der Waals surface area contributed by atoms with Gasteiger partial charge in [-0.15, -0.1) is 0 Å². The molecule has 2 amide bonds. The normalized spacial score (nSPS) is 30.7. The van der Waals surface area contributed by atoms with Crippen LogP contribution in [0, 0.1) is 33.3 Å². The molecule has 0 unspecified atom stereocenters. The highest BCUT2D eigenvalue weighted by Crippen LogP contribution is 2.60. The number of piperidine rings is 1. The van der Waals surface area contributed by atoms with Crippen LogP contribution in [0.2, 0.25) is 0 Å². The molecule has 9 heteroatoms. The molecule has 1 heterocycles. The van der Waals surface area contributed by atoms with E-state index in [1.165, 1.54) is 38.5 Å². The summed E-state index contributed by atoms with van der Waals surface area (Å²) in [6.45, 7) is 1.59. The van der Waals surface area contributed by atoms with Crippen molar-refractivity contribution in [2.24, 2.45) is 23.2 Å². The van der Waals surface area contributed by atoms with Gasteiger partial charge in [0.1, 0.15) is 11.4 Å². The summed E-state index contributed by atoms with van der Waals surface area (Å²) in [5, 5.41) is 17.4. The van der Waals surface area contributed by atoms with Gasteiger partial charge in [0.2, 0.25) is 11.8 Å². The maximum Gasteiger partial charge on any atom is 0.296 e. The van der Waals surface area contributed by atoms with Crippen LogP contribution in [0.3, 0.4) is 0 Å². The zero-order chi connectivity index (χ0) is 23.9. The first-order valence-electron chi connectivity index (χ1n) is 12.5. The second kappa shape index (κ2) is 9.17. The minimum atomic E-state index is -0.532. The monoisotopic (exact) mass is 470 g/mol. The number of hydrogen-bond donors (Lipinski definition) is 2. The SMILES string of the molecule is COc1ccc(NC(=O)CN2CCC(NC(=O)C34CC5CC(CC(C5)C3)C4)CC2)c([N+](=O)[O-])c1. The number of rotatable bonds is 7. The van der Waals surface area contributed by atoms with Crippen molar-refractivity contribution < 1.29 is 19.2 Å². The highest BCUT2D eigenvalue weighted by Gasteiger charge is 2.54. The lowest BCUT2D eigenvalue weighted by atomic mass is 9.49. The average Bonchev–Trinajstić information content (AvgIpc) is 2.79. The Labute approximate surface area is 199 Å². The molecule has 4 saturated carbocycles. The average molecular weight is 471 g/mol. The molecule has 9 nitrogen and oxygen atoms in total. The van der Waals surface area contributed by atoms with Crippen LogP contribution in [0.25, 0.3) is 0 Å². The molecule has 6 rings (SSSR count). The van der Waals surface area contributed by atoms with Gasteiger partial charge in [-0.05, 0) is 81.3 Å². The first-order valence-corrected chi connectivity index (χ1v) is 12.5. The lowest BCUT2D eigenvalue weighted by Gasteiger charge is -2.56. The summed E-state index contributed by atoms with van der Waals surface area (Å²) < 4.78 is 5.04. The summed E-state index contributed by atoms with van der Waals surface area (Å²) in [4.78, 5) is 38.7. The van der Waals surface area contributed by atoms with Crippen molar-refractivity contribution >= 4 is 23.2 Å². The molecule has 4 aliphatic carbocycles. The molecule has 1 saturated heterocycles. The van der Waals surface area contributed by atoms with Crippen molar-refractivity contribution in [3.05, 3.63) is 28.3 Å². The first-order chi connectivity index (χ1) is 16.3. The van der Waals surface area contributed by atoms with Crippen molar-refractivity contribution in [1.82, 2.24) is 10.2 Å². The van der Waals surface area contributed by atoms with E-state index in [1.807, 2.05) is 4.90 Å². The standard InChI is InChI=1S/C25H34N4O5/c1-34-20-2-3-21(22(11-20)29(32)33)27-23(30)15-28-6-4-19(5-7-28)26-24(31)25-12-16-8-17(13-25)10-18(9-16)14-25/h2-3,11,16-19H,4-10,12-15H2,1H3,(H,26,31)(H,27,30). The lowest BCUT2D eigenvalue weighted by Crippen LogP contribution is -2.56. The number of likely N-dealkylation sites (tertiary alicyclic amines) is 1. The van der Waals surface area contributed by atoms with Crippen LogP contribution in [-0.4, -0.2) is 54.4 Å². The van der Waals surface area contributed by atoms with Crippen LogP contribution >= 0.6 is 0 Å². The summed E-state index contributed by atoms with van der Waals surface area (Å²) >= 11 is 0. The number of nitro benzene ring substituents is 1. The number of benzene rings is 1. The topological polar surface area (TPSA) is 114 Å². The first kappa shape index (κ1) is 23.1. The van der Waals surface area contributed by atoms with E-state index in [0.717, 1.165) is 49.9 Å². The van der Waals surface area contributed by atoms with E-state index in [9.17, 15) is 19.7 Å². The van der Waals surface area contributed by atoms with E-state index in [0.29, 0.717) is 18.8 Å². The van der Waals surface area contributed by atoms with Crippen molar-refractivity contribution in [3.8, 4) is 5.75 Å².